The molecular formula is C12H14F3NO4S. The van der Waals surface area contributed by atoms with Crippen molar-refractivity contribution in [3.8, 4) is 0 Å². The summed E-state index contributed by atoms with van der Waals surface area (Å²) in [6, 6.07) is 3.34. The summed E-state index contributed by atoms with van der Waals surface area (Å²) in [6.07, 6.45) is -4.60. The second kappa shape index (κ2) is 6.44. The van der Waals surface area contributed by atoms with E-state index in [1.165, 1.54) is 6.92 Å². The van der Waals surface area contributed by atoms with E-state index in [0.29, 0.717) is 6.07 Å². The average molecular weight is 325 g/mol. The van der Waals surface area contributed by atoms with Crippen LogP contribution < -0.4 is 4.72 Å². The van der Waals surface area contributed by atoms with Crippen LogP contribution in [0.25, 0.3) is 0 Å². The number of hydrogen-bond donors (Lipinski definition) is 2. The lowest BCUT2D eigenvalue weighted by Crippen LogP contribution is -2.27. The molecule has 1 unspecified atom stereocenters. The van der Waals surface area contributed by atoms with Gasteiger partial charge in [-0.2, -0.15) is 13.2 Å². The van der Waals surface area contributed by atoms with Gasteiger partial charge in [-0.25, -0.2) is 13.1 Å². The molecule has 0 radical (unpaired) electrons. The molecule has 1 atom stereocenters. The van der Waals surface area contributed by atoms with Crippen molar-refractivity contribution in [3.63, 3.8) is 0 Å². The molecular weight excluding hydrogens is 311 g/mol. The van der Waals surface area contributed by atoms with Crippen molar-refractivity contribution in [2.75, 3.05) is 6.54 Å². The van der Waals surface area contributed by atoms with Gasteiger partial charge in [-0.15, -0.1) is 0 Å². The number of alkyl halides is 3. The fourth-order valence-corrected chi connectivity index (χ4v) is 2.55. The van der Waals surface area contributed by atoms with Gasteiger partial charge in [0.25, 0.3) is 0 Å². The van der Waals surface area contributed by atoms with E-state index >= 15 is 0 Å². The van der Waals surface area contributed by atoms with Crippen molar-refractivity contribution in [2.24, 2.45) is 5.92 Å². The molecule has 9 heteroatoms. The molecule has 1 aromatic rings. The van der Waals surface area contributed by atoms with E-state index < -0.39 is 38.5 Å². The highest BCUT2D eigenvalue weighted by atomic mass is 32.2. The van der Waals surface area contributed by atoms with Gasteiger partial charge in [-0.05, 0) is 24.6 Å². The monoisotopic (exact) mass is 325 g/mol. The van der Waals surface area contributed by atoms with E-state index in [2.05, 4.69) is 4.72 Å². The van der Waals surface area contributed by atoms with E-state index in [4.69, 9.17) is 5.11 Å². The van der Waals surface area contributed by atoms with Gasteiger partial charge in [0.2, 0.25) is 10.0 Å². The molecule has 0 aliphatic heterocycles. The van der Waals surface area contributed by atoms with Gasteiger partial charge in [0.05, 0.1) is 16.4 Å². The number of aliphatic carboxylic acids is 1. The Kier molecular flexibility index (Phi) is 5.35. The lowest BCUT2D eigenvalue weighted by molar-refractivity contribution is -0.141. The summed E-state index contributed by atoms with van der Waals surface area (Å²) < 4.78 is 63.3. The third-order valence-corrected chi connectivity index (χ3v) is 4.22. The first-order chi connectivity index (χ1) is 9.54. The second-order valence-corrected chi connectivity index (χ2v) is 6.22. The van der Waals surface area contributed by atoms with Crippen molar-refractivity contribution in [2.45, 2.75) is 24.4 Å². The molecule has 0 fully saturated rings. The van der Waals surface area contributed by atoms with Gasteiger partial charge in [0.1, 0.15) is 0 Å². The van der Waals surface area contributed by atoms with Crippen LogP contribution in [0.4, 0.5) is 13.2 Å². The molecule has 2 N–H and O–H groups in total. The molecule has 118 valence electrons. The smallest absolute Gasteiger partial charge is 0.416 e. The Morgan fingerprint density at radius 1 is 1.38 bits per heavy atom. The quantitative estimate of drug-likeness (QED) is 0.839. The molecule has 0 aliphatic carbocycles. The third-order valence-electron chi connectivity index (χ3n) is 2.76. The number of benzene rings is 1. The van der Waals surface area contributed by atoms with Gasteiger partial charge in [0.15, 0.2) is 0 Å². The molecule has 1 rings (SSSR count). The normalized spacial score (nSPS) is 13.9. The number of carboxylic acids is 1. The van der Waals surface area contributed by atoms with Crippen molar-refractivity contribution < 1.29 is 31.5 Å². The van der Waals surface area contributed by atoms with Crippen molar-refractivity contribution in [1.82, 2.24) is 4.72 Å². The first-order valence-electron chi connectivity index (χ1n) is 5.94. The molecule has 0 aliphatic rings. The highest BCUT2D eigenvalue weighted by Gasteiger charge is 2.31. The summed E-state index contributed by atoms with van der Waals surface area (Å²) in [5.41, 5.74) is -1.07. The number of sulfonamides is 1. The van der Waals surface area contributed by atoms with Crippen LogP contribution in [0, 0.1) is 5.92 Å². The Morgan fingerprint density at radius 3 is 2.52 bits per heavy atom. The minimum atomic E-state index is -4.64. The molecule has 0 saturated carbocycles. The van der Waals surface area contributed by atoms with Crippen LogP contribution in [0.5, 0.6) is 0 Å². The number of rotatable bonds is 6. The first kappa shape index (κ1) is 17.4. The third kappa shape index (κ3) is 5.01. The Hall–Kier alpha value is -1.61. The van der Waals surface area contributed by atoms with E-state index in [1.807, 2.05) is 0 Å². The number of hydrogen-bond acceptors (Lipinski definition) is 3. The van der Waals surface area contributed by atoms with E-state index in [0.717, 1.165) is 18.2 Å². The van der Waals surface area contributed by atoms with Crippen LogP contribution in [0.15, 0.2) is 29.2 Å². The first-order valence-corrected chi connectivity index (χ1v) is 7.42. The predicted octanol–water partition coefficient (Wildman–Crippen LogP) is 2.09. The summed E-state index contributed by atoms with van der Waals surface area (Å²) in [4.78, 5) is 10.1. The van der Waals surface area contributed by atoms with Crippen molar-refractivity contribution in [3.05, 3.63) is 29.8 Å². The Labute approximate surface area is 119 Å². The van der Waals surface area contributed by atoms with Crippen molar-refractivity contribution in [1.29, 1.82) is 0 Å². The lowest BCUT2D eigenvalue weighted by Gasteiger charge is -2.11. The van der Waals surface area contributed by atoms with Crippen LogP contribution in [0.1, 0.15) is 18.9 Å². The summed E-state index contributed by atoms with van der Waals surface area (Å²) in [7, 11) is -4.11. The molecule has 0 spiro atoms. The zero-order valence-corrected chi connectivity index (χ0v) is 11.8. The Bertz CT molecular complexity index is 613. The molecule has 21 heavy (non-hydrogen) atoms. The van der Waals surface area contributed by atoms with Gasteiger partial charge < -0.3 is 5.11 Å². The standard InChI is InChI=1S/C12H14F3NO4S/c1-8(11(17)18)5-6-16-21(19,20)10-4-2-3-9(7-10)12(13,14)15/h2-4,7-8,16H,5-6H2,1H3,(H,17,18). The summed E-state index contributed by atoms with van der Waals surface area (Å²) in [5.74, 6) is -1.83. The molecule has 0 aromatic heterocycles. The fourth-order valence-electron chi connectivity index (χ4n) is 1.46. The Morgan fingerprint density at radius 2 is 2.00 bits per heavy atom. The summed E-state index contributed by atoms with van der Waals surface area (Å²) in [5, 5.41) is 8.65. The number of halogens is 3. The van der Waals surface area contributed by atoms with E-state index in [1.54, 1.807) is 0 Å². The molecule has 0 saturated heterocycles. The minimum absolute atomic E-state index is 0.0352. The zero-order valence-electron chi connectivity index (χ0n) is 11.0. The fraction of sp³-hybridized carbons (Fsp3) is 0.417. The van der Waals surface area contributed by atoms with Gasteiger partial charge in [-0.3, -0.25) is 4.79 Å². The highest BCUT2D eigenvalue weighted by Crippen LogP contribution is 2.30. The Balaban J connectivity index is 2.82. The maximum atomic E-state index is 12.5. The zero-order chi connectivity index (χ0) is 16.3. The predicted molar refractivity (Wildman–Crippen MR) is 68.0 cm³/mol. The number of carboxylic acid groups (broad SMARTS) is 1. The van der Waals surface area contributed by atoms with Gasteiger partial charge >= 0.3 is 12.1 Å². The summed E-state index contributed by atoms with van der Waals surface area (Å²) in [6.45, 7) is 1.23. The topological polar surface area (TPSA) is 83.5 Å². The molecule has 5 nitrogen and oxygen atoms in total. The SMILES string of the molecule is CC(CCNS(=O)(=O)c1cccc(C(F)(F)F)c1)C(=O)O. The molecule has 0 heterocycles. The number of carbonyl (C=O) groups is 1. The van der Waals surface area contributed by atoms with Crippen molar-refractivity contribution >= 4 is 16.0 Å². The van der Waals surface area contributed by atoms with Crippen LogP contribution >= 0.6 is 0 Å². The molecule has 1 aromatic carbocycles. The largest absolute Gasteiger partial charge is 0.481 e. The number of nitrogens with one attached hydrogen (secondary N) is 1. The van der Waals surface area contributed by atoms with Crippen LogP contribution in [-0.2, 0) is 21.0 Å². The molecule has 0 bridgehead atoms. The maximum absolute atomic E-state index is 12.5. The van der Waals surface area contributed by atoms with Gasteiger partial charge in [0, 0.05) is 6.54 Å². The molecule has 0 amide bonds. The van der Waals surface area contributed by atoms with Crippen LogP contribution in [0.2, 0.25) is 0 Å². The minimum Gasteiger partial charge on any atom is -0.481 e. The van der Waals surface area contributed by atoms with Crippen LogP contribution in [0.3, 0.4) is 0 Å². The average Bonchev–Trinajstić information content (AvgIpc) is 2.37. The second-order valence-electron chi connectivity index (χ2n) is 4.45. The summed E-state index contributed by atoms with van der Waals surface area (Å²) >= 11 is 0. The lowest BCUT2D eigenvalue weighted by atomic mass is 10.1. The highest BCUT2D eigenvalue weighted by molar-refractivity contribution is 7.89. The maximum Gasteiger partial charge on any atom is 0.416 e. The van der Waals surface area contributed by atoms with E-state index in [-0.39, 0.29) is 13.0 Å². The van der Waals surface area contributed by atoms with E-state index in [9.17, 15) is 26.4 Å². The van der Waals surface area contributed by atoms with Crippen LogP contribution in [-0.4, -0.2) is 26.0 Å². The van der Waals surface area contributed by atoms with Gasteiger partial charge in [-0.1, -0.05) is 13.0 Å².